The van der Waals surface area contributed by atoms with Crippen molar-refractivity contribution in [1.82, 2.24) is 50.8 Å². The summed E-state index contributed by atoms with van der Waals surface area (Å²) in [7, 11) is 0. The highest BCUT2D eigenvalue weighted by atomic mass is 16.4. The van der Waals surface area contributed by atoms with Crippen molar-refractivity contribution in [3.63, 3.8) is 0 Å². The molecule has 1 aliphatic heterocycles. The molecule has 0 aliphatic carbocycles. The van der Waals surface area contributed by atoms with Gasteiger partial charge in [0.2, 0.25) is 23.6 Å². The van der Waals surface area contributed by atoms with Crippen molar-refractivity contribution >= 4 is 70.8 Å². The van der Waals surface area contributed by atoms with E-state index < -0.39 is 165 Å². The van der Waals surface area contributed by atoms with E-state index in [1.165, 1.54) is 19.4 Å². The Morgan fingerprint density at radius 2 is 1.11 bits per heavy atom. The van der Waals surface area contributed by atoms with Crippen LogP contribution in [0, 0.1) is 17.8 Å². The van der Waals surface area contributed by atoms with Gasteiger partial charge in [-0.3, -0.25) is 77.1 Å². The normalized spacial score (nSPS) is 16.6. The van der Waals surface area contributed by atoms with Gasteiger partial charge in [-0.2, -0.15) is 0 Å². The van der Waals surface area contributed by atoms with Crippen molar-refractivity contribution in [3.8, 4) is 0 Å². The number of hydrogen-bond donors (Lipinski definition) is 13. The molecule has 7 atom stereocenters. The number of nitrogens with one attached hydrogen (secondary N) is 5. The second-order valence-electron chi connectivity index (χ2n) is 20.7. The van der Waals surface area contributed by atoms with Gasteiger partial charge in [0.1, 0.15) is 23.9 Å². The van der Waals surface area contributed by atoms with Crippen molar-refractivity contribution in [2.75, 3.05) is 98.3 Å². The molecule has 1 aromatic carbocycles. The van der Waals surface area contributed by atoms with Gasteiger partial charge in [-0.05, 0) is 44.7 Å². The molecule has 30 nitrogen and oxygen atoms in total. The molecule has 2 unspecified atom stereocenters. The van der Waals surface area contributed by atoms with E-state index in [1.807, 2.05) is 0 Å². The van der Waals surface area contributed by atoms with Gasteiger partial charge in [0.05, 0.1) is 63.5 Å². The quantitative estimate of drug-likeness (QED) is 0.0289. The third kappa shape index (κ3) is 26.7. The number of carboxylic acid groups (broad SMARTS) is 5. The number of benzene rings is 1. The van der Waals surface area contributed by atoms with Gasteiger partial charge in [0, 0.05) is 109 Å². The number of Topliss-reactive ketones (excluding diaryl/α,β-unsaturated/α-hetero) is 3. The zero-order chi connectivity index (χ0) is 62.3. The molecule has 466 valence electrons. The minimum Gasteiger partial charge on any atom is -0.481 e. The Kier molecular flexibility index (Phi) is 31.6. The van der Waals surface area contributed by atoms with E-state index in [9.17, 15) is 93.3 Å². The van der Waals surface area contributed by atoms with Crippen LogP contribution in [0.1, 0.15) is 69.5 Å². The minimum absolute atomic E-state index is 0.0194. The predicted molar refractivity (Wildman–Crippen MR) is 295 cm³/mol. The Balaban J connectivity index is 1.73. The predicted octanol–water partition coefficient (Wildman–Crippen LogP) is -3.58. The second-order valence-corrected chi connectivity index (χ2v) is 20.7. The van der Waals surface area contributed by atoms with Crippen LogP contribution >= 0.6 is 0 Å². The maximum absolute atomic E-state index is 14.1. The summed E-state index contributed by atoms with van der Waals surface area (Å²) in [6.45, 7) is -1.10. The molecular formula is C54H81N11O19. The summed E-state index contributed by atoms with van der Waals surface area (Å²) < 4.78 is 0. The zero-order valence-corrected chi connectivity index (χ0v) is 47.1. The van der Waals surface area contributed by atoms with Crippen molar-refractivity contribution in [1.29, 1.82) is 0 Å². The smallest absolute Gasteiger partial charge is 0.320 e. The Bertz CT molecular complexity index is 2470. The number of hydrogen-bond acceptors (Lipinski definition) is 20. The van der Waals surface area contributed by atoms with Crippen molar-refractivity contribution in [2.45, 2.75) is 95.3 Å². The average molecular weight is 1190 g/mol. The van der Waals surface area contributed by atoms with Crippen LogP contribution < -0.4 is 27.0 Å². The van der Waals surface area contributed by atoms with E-state index in [1.54, 1.807) is 49.9 Å². The summed E-state index contributed by atoms with van der Waals surface area (Å²) >= 11 is 0. The lowest BCUT2D eigenvalue weighted by molar-refractivity contribution is -0.145. The number of H-pyrrole nitrogens is 1. The molecule has 1 fully saturated rings. The largest absolute Gasteiger partial charge is 0.481 e. The first-order valence-corrected chi connectivity index (χ1v) is 27.6. The highest BCUT2D eigenvalue weighted by molar-refractivity contribution is 5.97. The first-order chi connectivity index (χ1) is 39.9. The van der Waals surface area contributed by atoms with Crippen molar-refractivity contribution in [2.24, 2.45) is 23.5 Å². The SMILES string of the molecule is C[C@H](NC(=O)[C@H](CC(=O)O)CC(=O)CCCN)C(=O)C[C@@H](Cc1cnc[nH]1)C(=O)N[C@@H](CO)C(=O)C[C@@H](Cc1ccccc1)C(=O)NC(CO)C(=O)NCCCC(C(=O)O)N1CCN(CC(=O)O)CCN(CC(=O)O)CCN(CC(=O)O)CC1. The van der Waals surface area contributed by atoms with Crippen LogP contribution in [-0.2, 0) is 70.4 Å². The average Bonchev–Trinajstić information content (AvgIpc) is 4.12. The fourth-order valence-electron chi connectivity index (χ4n) is 9.44. The molecule has 1 saturated heterocycles. The van der Waals surface area contributed by atoms with Gasteiger partial charge < -0.3 is 67.7 Å². The first-order valence-electron chi connectivity index (χ1n) is 27.6. The number of imidazole rings is 1. The van der Waals surface area contributed by atoms with Gasteiger partial charge in [-0.25, -0.2) is 4.98 Å². The van der Waals surface area contributed by atoms with Crippen molar-refractivity contribution in [3.05, 3.63) is 54.1 Å². The van der Waals surface area contributed by atoms with Crippen LogP contribution in [0.4, 0.5) is 0 Å². The number of carboxylic acids is 5. The molecule has 84 heavy (non-hydrogen) atoms. The Morgan fingerprint density at radius 1 is 0.595 bits per heavy atom. The molecule has 2 heterocycles. The fourth-order valence-corrected chi connectivity index (χ4v) is 9.44. The summed E-state index contributed by atoms with van der Waals surface area (Å²) in [4.78, 5) is 167. The number of nitrogens with zero attached hydrogens (tertiary/aromatic N) is 5. The molecule has 1 aromatic heterocycles. The monoisotopic (exact) mass is 1190 g/mol. The van der Waals surface area contributed by atoms with Crippen LogP contribution in [0.15, 0.2) is 42.9 Å². The van der Waals surface area contributed by atoms with E-state index in [0.29, 0.717) is 17.7 Å². The first kappa shape index (κ1) is 70.7. The van der Waals surface area contributed by atoms with Gasteiger partial charge in [0.25, 0.3) is 0 Å². The second kappa shape index (κ2) is 37.6. The molecule has 30 heteroatoms. The molecule has 1 aliphatic rings. The molecule has 0 radical (unpaired) electrons. The van der Waals surface area contributed by atoms with Crippen LogP contribution in [-0.4, -0.2) is 259 Å². The molecule has 2 aromatic rings. The summed E-state index contributed by atoms with van der Waals surface area (Å²) in [5.41, 5.74) is 6.43. The fraction of sp³-hybridized carbons (Fsp3) is 0.611. The standard InChI is InChI=1S/C54H81N11O19/c1-34(59-50(79)38(26-46(71)72)23-40(68)9-5-11-55)44(69)24-37(22-39-27-56-33-58-39)52(81)60-41(31-66)45(70)25-36(21-35-7-3-2-4-8-35)51(80)61-42(32-67)53(82)57-12-6-10-43(54(83)84)65-19-17-63(29-48(75)76)15-13-62(28-47(73)74)14-16-64(18-20-65)30-49(77)78/h2-4,7-8,27,33-34,36-38,41-43,66-67H,5-6,9-26,28-32,55H2,1H3,(H,56,58)(H,57,82)(H,59,79)(H,60,81)(H,61,80)(H,71,72)(H,73,74)(H,75,76)(H,77,78)(H,83,84)/t34-,36+,37+,38-,41-,42?,43?/m0/s1. The molecule has 3 rings (SSSR count). The van der Waals surface area contributed by atoms with Crippen LogP contribution in [0.25, 0.3) is 0 Å². The van der Waals surface area contributed by atoms with E-state index in [4.69, 9.17) is 5.73 Å². The summed E-state index contributed by atoms with van der Waals surface area (Å²) in [5, 5.41) is 79.2. The lowest BCUT2D eigenvalue weighted by Gasteiger charge is -2.35. The third-order valence-electron chi connectivity index (χ3n) is 14.1. The molecule has 4 amide bonds. The number of rotatable bonds is 38. The number of aliphatic carboxylic acids is 5. The Labute approximate surface area is 484 Å². The number of nitrogens with two attached hydrogens (primary N) is 1. The molecular weight excluding hydrogens is 1110 g/mol. The summed E-state index contributed by atoms with van der Waals surface area (Å²) in [5.74, 6) is -15.3. The van der Waals surface area contributed by atoms with Crippen LogP contribution in [0.2, 0.25) is 0 Å². The van der Waals surface area contributed by atoms with Gasteiger partial charge >= 0.3 is 29.8 Å². The van der Waals surface area contributed by atoms with Crippen LogP contribution in [0.3, 0.4) is 0 Å². The summed E-state index contributed by atoms with van der Waals surface area (Å²) in [6, 6.07) is 2.69. The number of carbonyl (C=O) groups is 12. The Morgan fingerprint density at radius 3 is 1.60 bits per heavy atom. The van der Waals surface area contributed by atoms with Crippen LogP contribution in [0.5, 0.6) is 0 Å². The van der Waals surface area contributed by atoms with E-state index >= 15 is 0 Å². The number of aliphatic hydroxyl groups excluding tert-OH is 2. The van der Waals surface area contributed by atoms with E-state index in [-0.39, 0.29) is 104 Å². The van der Waals surface area contributed by atoms with E-state index in [2.05, 4.69) is 31.2 Å². The van der Waals surface area contributed by atoms with Gasteiger partial charge in [-0.1, -0.05) is 30.3 Å². The van der Waals surface area contributed by atoms with Gasteiger partial charge in [0.15, 0.2) is 11.6 Å². The highest BCUT2D eigenvalue weighted by Gasteiger charge is 2.35. The minimum atomic E-state index is -1.63. The summed E-state index contributed by atoms with van der Waals surface area (Å²) in [6.07, 6.45) is 0.513. The number of carbonyl (C=O) groups excluding carboxylic acids is 7. The van der Waals surface area contributed by atoms with E-state index in [0.717, 1.165) is 0 Å². The third-order valence-corrected chi connectivity index (χ3v) is 14.1. The molecule has 0 spiro atoms. The number of ketones is 3. The lowest BCUT2D eigenvalue weighted by atomic mass is 9.90. The van der Waals surface area contributed by atoms with Gasteiger partial charge in [-0.15, -0.1) is 0 Å². The topological polar surface area (TPSA) is 462 Å². The molecule has 0 saturated carbocycles. The number of amides is 4. The number of aliphatic hydroxyl groups is 2. The maximum Gasteiger partial charge on any atom is 0.320 e. The highest BCUT2D eigenvalue weighted by Crippen LogP contribution is 2.19. The lowest BCUT2D eigenvalue weighted by Crippen LogP contribution is -2.52. The molecule has 0 bridgehead atoms. The maximum atomic E-state index is 14.1. The zero-order valence-electron chi connectivity index (χ0n) is 47.1. The molecule has 14 N–H and O–H groups in total. The Hall–Kier alpha value is -7.61. The number of aromatic nitrogens is 2. The van der Waals surface area contributed by atoms with Crippen molar-refractivity contribution < 1.29 is 93.3 Å². The number of aromatic amines is 1.